The van der Waals surface area contributed by atoms with E-state index in [9.17, 15) is 4.79 Å². The Hall–Kier alpha value is -3.28. The van der Waals surface area contributed by atoms with Gasteiger partial charge in [-0.3, -0.25) is 4.79 Å². The Morgan fingerprint density at radius 3 is 2.37 bits per heavy atom. The number of carbonyl (C=O) groups excluding carboxylic acids is 1. The van der Waals surface area contributed by atoms with Crippen molar-refractivity contribution in [2.45, 2.75) is 26.1 Å². The van der Waals surface area contributed by atoms with Gasteiger partial charge in [0.15, 0.2) is 6.10 Å². The second kappa shape index (κ2) is 8.89. The Balaban J connectivity index is 1.47. The standard InChI is InChI=1S/C21H23N3O3/c1-16(27-20-9-7-19(26-2)8-10-20)21(25)23-13-17-3-5-18(6-4-17)14-24-12-11-22-15-24/h3-12,15-16H,13-14H2,1-2H3,(H,23,25). The van der Waals surface area contributed by atoms with Crippen molar-refractivity contribution in [3.8, 4) is 11.5 Å². The van der Waals surface area contributed by atoms with Gasteiger partial charge in [0.25, 0.3) is 5.91 Å². The van der Waals surface area contributed by atoms with E-state index in [0.29, 0.717) is 12.3 Å². The Morgan fingerprint density at radius 2 is 1.74 bits per heavy atom. The van der Waals surface area contributed by atoms with Crippen LogP contribution >= 0.6 is 0 Å². The highest BCUT2D eigenvalue weighted by Crippen LogP contribution is 2.18. The molecule has 0 aliphatic heterocycles. The van der Waals surface area contributed by atoms with Gasteiger partial charge in [-0.25, -0.2) is 4.98 Å². The molecule has 1 atom stereocenters. The van der Waals surface area contributed by atoms with Crippen LogP contribution in [0.2, 0.25) is 0 Å². The molecule has 0 fully saturated rings. The third-order valence-electron chi connectivity index (χ3n) is 4.16. The minimum atomic E-state index is -0.584. The first-order valence-electron chi connectivity index (χ1n) is 8.76. The normalized spacial score (nSPS) is 11.6. The summed E-state index contributed by atoms with van der Waals surface area (Å²) in [5.41, 5.74) is 2.22. The van der Waals surface area contributed by atoms with Crippen molar-refractivity contribution in [2.75, 3.05) is 7.11 Å². The molecule has 0 aliphatic rings. The molecule has 6 nitrogen and oxygen atoms in total. The first kappa shape index (κ1) is 18.5. The molecule has 1 N–H and O–H groups in total. The average Bonchev–Trinajstić information content (AvgIpc) is 3.21. The lowest BCUT2D eigenvalue weighted by Gasteiger charge is -2.15. The molecule has 1 heterocycles. The number of carbonyl (C=O) groups is 1. The van der Waals surface area contributed by atoms with Crippen LogP contribution in [0.25, 0.3) is 0 Å². The zero-order chi connectivity index (χ0) is 19.1. The largest absolute Gasteiger partial charge is 0.497 e. The number of nitrogens with zero attached hydrogens (tertiary/aromatic N) is 2. The summed E-state index contributed by atoms with van der Waals surface area (Å²) >= 11 is 0. The van der Waals surface area contributed by atoms with Gasteiger partial charge in [-0.2, -0.15) is 0 Å². The monoisotopic (exact) mass is 365 g/mol. The fourth-order valence-electron chi connectivity index (χ4n) is 2.60. The number of aromatic nitrogens is 2. The maximum atomic E-state index is 12.3. The van der Waals surface area contributed by atoms with Crippen LogP contribution < -0.4 is 14.8 Å². The van der Waals surface area contributed by atoms with Gasteiger partial charge >= 0.3 is 0 Å². The van der Waals surface area contributed by atoms with Gasteiger partial charge in [0.2, 0.25) is 0 Å². The van der Waals surface area contributed by atoms with E-state index < -0.39 is 6.10 Å². The zero-order valence-electron chi connectivity index (χ0n) is 15.5. The maximum absolute atomic E-state index is 12.3. The van der Waals surface area contributed by atoms with Gasteiger partial charge in [0.1, 0.15) is 11.5 Å². The molecule has 140 valence electrons. The van der Waals surface area contributed by atoms with Crippen molar-refractivity contribution in [3.05, 3.63) is 78.4 Å². The van der Waals surface area contributed by atoms with Crippen LogP contribution in [-0.4, -0.2) is 28.7 Å². The summed E-state index contributed by atoms with van der Waals surface area (Å²) in [5, 5.41) is 2.90. The van der Waals surface area contributed by atoms with Crippen molar-refractivity contribution in [1.29, 1.82) is 0 Å². The quantitative estimate of drug-likeness (QED) is 0.666. The van der Waals surface area contributed by atoms with Crippen LogP contribution in [0.3, 0.4) is 0 Å². The first-order valence-corrected chi connectivity index (χ1v) is 8.76. The van der Waals surface area contributed by atoms with Crippen molar-refractivity contribution < 1.29 is 14.3 Å². The average molecular weight is 365 g/mol. The van der Waals surface area contributed by atoms with Gasteiger partial charge < -0.3 is 19.4 Å². The summed E-state index contributed by atoms with van der Waals surface area (Å²) in [4.78, 5) is 16.3. The molecule has 0 saturated heterocycles. The summed E-state index contributed by atoms with van der Waals surface area (Å²) in [6.07, 6.45) is 4.90. The highest BCUT2D eigenvalue weighted by atomic mass is 16.5. The zero-order valence-corrected chi connectivity index (χ0v) is 15.5. The fraction of sp³-hybridized carbons (Fsp3) is 0.238. The van der Waals surface area contributed by atoms with E-state index in [1.807, 2.05) is 22.9 Å². The van der Waals surface area contributed by atoms with Gasteiger partial charge in [0, 0.05) is 25.5 Å². The number of hydrogen-bond donors (Lipinski definition) is 1. The second-order valence-corrected chi connectivity index (χ2v) is 6.20. The van der Waals surface area contributed by atoms with Crippen LogP contribution in [-0.2, 0) is 17.9 Å². The number of methoxy groups -OCH3 is 1. The minimum Gasteiger partial charge on any atom is -0.497 e. The molecule has 2 aromatic carbocycles. The molecule has 0 spiro atoms. The summed E-state index contributed by atoms with van der Waals surface area (Å²) in [7, 11) is 1.61. The molecule has 1 unspecified atom stereocenters. The first-order chi connectivity index (χ1) is 13.1. The molecule has 1 aromatic heterocycles. The molecule has 0 saturated carbocycles. The number of amides is 1. The van der Waals surface area contributed by atoms with E-state index in [1.54, 1.807) is 50.8 Å². The molecule has 0 aliphatic carbocycles. The molecule has 3 rings (SSSR count). The lowest BCUT2D eigenvalue weighted by molar-refractivity contribution is -0.127. The number of nitrogens with one attached hydrogen (secondary N) is 1. The van der Waals surface area contributed by atoms with Crippen LogP contribution in [0.1, 0.15) is 18.1 Å². The van der Waals surface area contributed by atoms with Crippen LogP contribution in [0, 0.1) is 0 Å². The van der Waals surface area contributed by atoms with Gasteiger partial charge in [-0.05, 0) is 42.3 Å². The molecule has 0 radical (unpaired) electrons. The van der Waals surface area contributed by atoms with E-state index in [0.717, 1.165) is 17.9 Å². The third kappa shape index (κ3) is 5.34. The van der Waals surface area contributed by atoms with Crippen molar-refractivity contribution in [2.24, 2.45) is 0 Å². The Labute approximate surface area is 158 Å². The van der Waals surface area contributed by atoms with Crippen LogP contribution in [0.4, 0.5) is 0 Å². The fourth-order valence-corrected chi connectivity index (χ4v) is 2.60. The smallest absolute Gasteiger partial charge is 0.261 e. The van der Waals surface area contributed by atoms with Gasteiger partial charge in [-0.1, -0.05) is 24.3 Å². The predicted molar refractivity (Wildman–Crippen MR) is 103 cm³/mol. The Morgan fingerprint density at radius 1 is 1.07 bits per heavy atom. The van der Waals surface area contributed by atoms with Gasteiger partial charge in [-0.15, -0.1) is 0 Å². The molecule has 27 heavy (non-hydrogen) atoms. The van der Waals surface area contributed by atoms with E-state index >= 15 is 0 Å². The number of hydrogen-bond acceptors (Lipinski definition) is 4. The lowest BCUT2D eigenvalue weighted by Crippen LogP contribution is -2.35. The number of imidazole rings is 1. The van der Waals surface area contributed by atoms with Gasteiger partial charge in [0.05, 0.1) is 13.4 Å². The highest BCUT2D eigenvalue weighted by Gasteiger charge is 2.14. The lowest BCUT2D eigenvalue weighted by atomic mass is 10.1. The number of benzene rings is 2. The van der Waals surface area contributed by atoms with E-state index in [4.69, 9.17) is 9.47 Å². The topological polar surface area (TPSA) is 65.4 Å². The summed E-state index contributed by atoms with van der Waals surface area (Å²) in [5.74, 6) is 1.21. The van der Waals surface area contributed by atoms with Crippen molar-refractivity contribution in [1.82, 2.24) is 14.9 Å². The number of rotatable bonds is 8. The molecular formula is C21H23N3O3. The molecule has 3 aromatic rings. The summed E-state index contributed by atoms with van der Waals surface area (Å²) in [6, 6.07) is 15.3. The maximum Gasteiger partial charge on any atom is 0.261 e. The third-order valence-corrected chi connectivity index (χ3v) is 4.16. The van der Waals surface area contributed by atoms with Crippen LogP contribution in [0.5, 0.6) is 11.5 Å². The van der Waals surface area contributed by atoms with E-state index in [1.165, 1.54) is 5.56 Å². The Bertz CT molecular complexity index is 843. The SMILES string of the molecule is COc1ccc(OC(C)C(=O)NCc2ccc(Cn3ccnc3)cc2)cc1. The summed E-state index contributed by atoms with van der Waals surface area (Å²) in [6.45, 7) is 2.97. The van der Waals surface area contributed by atoms with Crippen LogP contribution in [0.15, 0.2) is 67.3 Å². The molecule has 0 bridgehead atoms. The van der Waals surface area contributed by atoms with E-state index in [-0.39, 0.29) is 5.91 Å². The van der Waals surface area contributed by atoms with Crippen molar-refractivity contribution >= 4 is 5.91 Å². The van der Waals surface area contributed by atoms with E-state index in [2.05, 4.69) is 22.4 Å². The molecule has 1 amide bonds. The highest BCUT2D eigenvalue weighted by molar-refractivity contribution is 5.80. The van der Waals surface area contributed by atoms with Crippen molar-refractivity contribution in [3.63, 3.8) is 0 Å². The summed E-state index contributed by atoms with van der Waals surface area (Å²) < 4.78 is 12.8. The molecule has 6 heteroatoms. The predicted octanol–water partition coefficient (Wildman–Crippen LogP) is 3.02. The Kier molecular flexibility index (Phi) is 6.10. The number of ether oxygens (including phenoxy) is 2. The molecular weight excluding hydrogens is 342 g/mol. The second-order valence-electron chi connectivity index (χ2n) is 6.20. The minimum absolute atomic E-state index is 0.159.